The standard InChI is InChI=1S/C38H50N8O2/c1-23(2)33(39-5)37(47)45-19-7-9-31(45)35-41-21-29(43-35)27-15-11-25(12-16-27)26-13-17-28(18-14-26)30-22-42-36(44-30)32-10-8-20-46(32)38(48)34(40-6)24(3)4/h11-18,21-24,31-34,39-40H,7-10,19-20H2,1-6H3,(H,41,43)(H,42,44)/t31?,32?,33-,34?/m0/s1. The number of likely N-dealkylation sites (tertiary alicyclic amines) is 2. The summed E-state index contributed by atoms with van der Waals surface area (Å²) >= 11 is 0. The number of likely N-dealkylation sites (N-methyl/N-ethyl adjacent to an activating group) is 2. The van der Waals surface area contributed by atoms with Crippen LogP contribution in [0.2, 0.25) is 0 Å². The van der Waals surface area contributed by atoms with Gasteiger partial charge in [0.25, 0.3) is 0 Å². The zero-order chi connectivity index (χ0) is 33.9. The van der Waals surface area contributed by atoms with Gasteiger partial charge in [0.2, 0.25) is 11.8 Å². The van der Waals surface area contributed by atoms with Gasteiger partial charge in [0, 0.05) is 24.8 Å². The minimum absolute atomic E-state index is 0.0280. The van der Waals surface area contributed by atoms with Gasteiger partial charge < -0.3 is 30.4 Å². The number of aromatic nitrogens is 4. The molecule has 10 nitrogen and oxygen atoms in total. The van der Waals surface area contributed by atoms with Gasteiger partial charge in [-0.1, -0.05) is 76.2 Å². The van der Waals surface area contributed by atoms with E-state index in [0.717, 1.165) is 84.1 Å². The Kier molecular flexibility index (Phi) is 10.1. The predicted molar refractivity (Wildman–Crippen MR) is 190 cm³/mol. The molecule has 2 aromatic carbocycles. The van der Waals surface area contributed by atoms with Crippen LogP contribution in [0.5, 0.6) is 0 Å². The normalized spacial score (nSPS) is 19.4. The highest BCUT2D eigenvalue weighted by Gasteiger charge is 2.37. The van der Waals surface area contributed by atoms with Gasteiger partial charge in [-0.05, 0) is 68.3 Å². The van der Waals surface area contributed by atoms with E-state index in [-0.39, 0.29) is 47.8 Å². The number of rotatable bonds is 11. The van der Waals surface area contributed by atoms with Crippen LogP contribution >= 0.6 is 0 Å². The van der Waals surface area contributed by atoms with Gasteiger partial charge in [-0.2, -0.15) is 0 Å². The molecule has 0 radical (unpaired) electrons. The number of carbonyl (C=O) groups is 2. The van der Waals surface area contributed by atoms with Crippen LogP contribution in [-0.4, -0.2) is 80.8 Å². The van der Waals surface area contributed by atoms with E-state index >= 15 is 0 Å². The summed E-state index contributed by atoms with van der Waals surface area (Å²) in [5, 5.41) is 6.39. The summed E-state index contributed by atoms with van der Waals surface area (Å²) in [6.45, 7) is 9.82. The average Bonchev–Trinajstić information content (AvgIpc) is 3.91. The number of imidazole rings is 2. The van der Waals surface area contributed by atoms with Crippen LogP contribution in [0.25, 0.3) is 33.6 Å². The van der Waals surface area contributed by atoms with Crippen molar-refractivity contribution in [1.29, 1.82) is 0 Å². The van der Waals surface area contributed by atoms with Crippen molar-refractivity contribution in [2.75, 3.05) is 27.2 Å². The second-order valence-electron chi connectivity index (χ2n) is 13.9. The minimum Gasteiger partial charge on any atom is -0.346 e. The Balaban J connectivity index is 1.12. The van der Waals surface area contributed by atoms with Crippen LogP contribution in [0.1, 0.15) is 77.1 Å². The predicted octanol–water partition coefficient (Wildman–Crippen LogP) is 5.95. The van der Waals surface area contributed by atoms with Crippen LogP contribution < -0.4 is 10.6 Å². The van der Waals surface area contributed by atoms with E-state index in [1.54, 1.807) is 0 Å². The van der Waals surface area contributed by atoms with Crippen molar-refractivity contribution >= 4 is 11.8 Å². The van der Waals surface area contributed by atoms with E-state index in [4.69, 9.17) is 9.97 Å². The molecule has 4 heterocycles. The van der Waals surface area contributed by atoms with E-state index in [1.807, 2.05) is 36.3 Å². The number of amides is 2. The molecular formula is C38H50N8O2. The lowest BCUT2D eigenvalue weighted by atomic mass is 10.0. The Hall–Kier alpha value is -4.28. The molecule has 6 rings (SSSR count). The van der Waals surface area contributed by atoms with Crippen molar-refractivity contribution in [2.45, 2.75) is 77.5 Å². The molecule has 10 heteroatoms. The van der Waals surface area contributed by atoms with Crippen LogP contribution in [0, 0.1) is 11.8 Å². The van der Waals surface area contributed by atoms with E-state index in [2.05, 4.69) is 96.8 Å². The van der Waals surface area contributed by atoms with Crippen molar-refractivity contribution in [3.63, 3.8) is 0 Å². The first-order valence-electron chi connectivity index (χ1n) is 17.5. The summed E-state index contributed by atoms with van der Waals surface area (Å²) < 4.78 is 0. The van der Waals surface area contributed by atoms with E-state index in [0.29, 0.717) is 0 Å². The monoisotopic (exact) mass is 650 g/mol. The molecule has 2 aliphatic heterocycles. The molecule has 4 atom stereocenters. The lowest BCUT2D eigenvalue weighted by Crippen LogP contribution is -2.47. The SMILES string of the molecule is CNC(C(=O)N1CCCC1c1ncc(-c2ccc(-c3ccc(-c4c[nH]c(C5CCCN5C(=O)[C@@H](NC)C(C)C)n4)cc3)cc2)[nH]1)C(C)C. The lowest BCUT2D eigenvalue weighted by molar-refractivity contribution is -0.136. The molecule has 0 aliphatic carbocycles. The molecule has 2 aliphatic rings. The molecule has 254 valence electrons. The number of aromatic amines is 2. The second kappa shape index (κ2) is 14.5. The van der Waals surface area contributed by atoms with E-state index in [1.165, 1.54) is 0 Å². The number of hydrogen-bond donors (Lipinski definition) is 4. The topological polar surface area (TPSA) is 122 Å². The molecule has 4 aromatic rings. The van der Waals surface area contributed by atoms with E-state index < -0.39 is 0 Å². The number of nitrogens with one attached hydrogen (secondary N) is 4. The fourth-order valence-corrected chi connectivity index (χ4v) is 7.45. The highest BCUT2D eigenvalue weighted by molar-refractivity contribution is 5.83. The molecule has 2 aromatic heterocycles. The first-order valence-corrected chi connectivity index (χ1v) is 17.5. The molecule has 48 heavy (non-hydrogen) atoms. The van der Waals surface area contributed by atoms with Crippen LogP contribution in [0.15, 0.2) is 60.9 Å². The zero-order valence-electron chi connectivity index (χ0n) is 29.1. The first kappa shape index (κ1) is 33.6. The summed E-state index contributed by atoms with van der Waals surface area (Å²) in [7, 11) is 3.71. The number of nitrogens with zero attached hydrogens (tertiary/aromatic N) is 4. The maximum Gasteiger partial charge on any atom is 0.240 e. The summed E-state index contributed by atoms with van der Waals surface area (Å²) in [4.78, 5) is 47.1. The highest BCUT2D eigenvalue weighted by atomic mass is 16.2. The molecule has 2 saturated heterocycles. The van der Waals surface area contributed by atoms with Gasteiger partial charge in [-0.3, -0.25) is 9.59 Å². The molecule has 0 spiro atoms. The Bertz CT molecular complexity index is 1560. The molecular weight excluding hydrogens is 600 g/mol. The molecule has 3 unspecified atom stereocenters. The van der Waals surface area contributed by atoms with Gasteiger partial charge in [0.05, 0.1) is 41.8 Å². The van der Waals surface area contributed by atoms with Crippen molar-refractivity contribution in [3.8, 4) is 33.6 Å². The Morgan fingerprint density at radius 3 is 1.71 bits per heavy atom. The van der Waals surface area contributed by atoms with Crippen molar-refractivity contribution in [2.24, 2.45) is 11.8 Å². The maximum absolute atomic E-state index is 13.3. The number of carbonyl (C=O) groups excluding carboxylic acids is 2. The maximum atomic E-state index is 13.3. The molecule has 2 amide bonds. The molecule has 4 N–H and O–H groups in total. The summed E-state index contributed by atoms with van der Waals surface area (Å²) in [6, 6.07) is 16.5. The smallest absolute Gasteiger partial charge is 0.240 e. The lowest BCUT2D eigenvalue weighted by Gasteiger charge is -2.29. The third-order valence-corrected chi connectivity index (χ3v) is 10.1. The number of hydrogen-bond acceptors (Lipinski definition) is 6. The third kappa shape index (κ3) is 6.69. The largest absolute Gasteiger partial charge is 0.346 e. The summed E-state index contributed by atoms with van der Waals surface area (Å²) in [5.74, 6) is 2.43. The van der Waals surface area contributed by atoms with Gasteiger partial charge >= 0.3 is 0 Å². The number of H-pyrrole nitrogens is 2. The van der Waals surface area contributed by atoms with Crippen LogP contribution in [0.3, 0.4) is 0 Å². The Morgan fingerprint density at radius 1 is 0.729 bits per heavy atom. The summed E-state index contributed by atoms with van der Waals surface area (Å²) in [6.07, 6.45) is 7.60. The first-order chi connectivity index (χ1) is 23.2. The average molecular weight is 651 g/mol. The second-order valence-corrected chi connectivity index (χ2v) is 13.9. The van der Waals surface area contributed by atoms with E-state index in [9.17, 15) is 9.59 Å². The fourth-order valence-electron chi connectivity index (χ4n) is 7.45. The molecule has 2 fully saturated rings. The summed E-state index contributed by atoms with van der Waals surface area (Å²) in [5.41, 5.74) is 6.15. The van der Waals surface area contributed by atoms with Gasteiger partial charge in [-0.15, -0.1) is 0 Å². The van der Waals surface area contributed by atoms with Crippen LogP contribution in [-0.2, 0) is 9.59 Å². The van der Waals surface area contributed by atoms with Gasteiger partial charge in [0.1, 0.15) is 11.6 Å². The van der Waals surface area contributed by atoms with Crippen molar-refractivity contribution in [3.05, 3.63) is 72.6 Å². The van der Waals surface area contributed by atoms with Crippen molar-refractivity contribution in [1.82, 2.24) is 40.4 Å². The van der Waals surface area contributed by atoms with Crippen LogP contribution in [0.4, 0.5) is 0 Å². The molecule has 0 bridgehead atoms. The quantitative estimate of drug-likeness (QED) is 0.159. The van der Waals surface area contributed by atoms with Gasteiger partial charge in [-0.25, -0.2) is 9.97 Å². The molecule has 0 saturated carbocycles. The van der Waals surface area contributed by atoms with Gasteiger partial charge in [0.15, 0.2) is 0 Å². The highest BCUT2D eigenvalue weighted by Crippen LogP contribution is 2.35. The minimum atomic E-state index is -0.195. The Morgan fingerprint density at radius 2 is 1.21 bits per heavy atom. The fraction of sp³-hybridized carbons (Fsp3) is 0.474. The zero-order valence-corrected chi connectivity index (χ0v) is 29.1. The third-order valence-electron chi connectivity index (χ3n) is 10.1. The number of benzene rings is 2. The van der Waals surface area contributed by atoms with Crippen molar-refractivity contribution < 1.29 is 9.59 Å². The Labute approximate surface area is 284 Å².